The number of hydrogen-bond acceptors (Lipinski definition) is 3. The topological polar surface area (TPSA) is 61.7 Å². The molecule has 0 saturated carbocycles. The number of hydrazone groups is 1. The SMILES string of the molecule is O=C(NN=Cc1ccc(O)c(Br)c1)c1cccc2ccccc12. The number of benzene rings is 3. The number of aromatic hydroxyl groups is 1. The molecule has 5 heteroatoms. The second kappa shape index (κ2) is 6.62. The molecule has 0 atom stereocenters. The van der Waals surface area contributed by atoms with Crippen LogP contribution in [-0.2, 0) is 0 Å². The van der Waals surface area contributed by atoms with E-state index in [0.717, 1.165) is 16.3 Å². The minimum atomic E-state index is -0.268. The Morgan fingerprint density at radius 1 is 1.09 bits per heavy atom. The minimum Gasteiger partial charge on any atom is -0.507 e. The van der Waals surface area contributed by atoms with E-state index in [1.807, 2.05) is 36.4 Å². The van der Waals surface area contributed by atoms with Gasteiger partial charge in [-0.1, -0.05) is 36.4 Å². The lowest BCUT2D eigenvalue weighted by atomic mass is 10.0. The van der Waals surface area contributed by atoms with E-state index in [-0.39, 0.29) is 11.7 Å². The number of halogens is 1. The number of phenols is 1. The van der Waals surface area contributed by atoms with E-state index in [2.05, 4.69) is 26.5 Å². The fourth-order valence-corrected chi connectivity index (χ4v) is 2.65. The van der Waals surface area contributed by atoms with E-state index in [9.17, 15) is 9.90 Å². The molecule has 0 aliphatic carbocycles. The molecule has 2 N–H and O–H groups in total. The van der Waals surface area contributed by atoms with Gasteiger partial charge >= 0.3 is 0 Å². The van der Waals surface area contributed by atoms with Gasteiger partial charge in [0.1, 0.15) is 5.75 Å². The van der Waals surface area contributed by atoms with Gasteiger partial charge in [0, 0.05) is 5.56 Å². The Morgan fingerprint density at radius 2 is 1.87 bits per heavy atom. The molecule has 4 nitrogen and oxygen atoms in total. The lowest BCUT2D eigenvalue weighted by molar-refractivity contribution is 0.0957. The van der Waals surface area contributed by atoms with E-state index in [1.165, 1.54) is 6.21 Å². The maximum absolute atomic E-state index is 12.3. The molecular formula is C18H13BrN2O2. The van der Waals surface area contributed by atoms with Crippen molar-refractivity contribution in [2.24, 2.45) is 5.10 Å². The van der Waals surface area contributed by atoms with Crippen LogP contribution in [0.1, 0.15) is 15.9 Å². The smallest absolute Gasteiger partial charge is 0.271 e. The van der Waals surface area contributed by atoms with Gasteiger partial charge in [-0.25, -0.2) is 5.43 Å². The minimum absolute atomic E-state index is 0.155. The van der Waals surface area contributed by atoms with Gasteiger partial charge in [-0.2, -0.15) is 5.10 Å². The quantitative estimate of drug-likeness (QED) is 0.540. The molecule has 114 valence electrons. The van der Waals surface area contributed by atoms with Crippen molar-refractivity contribution in [2.45, 2.75) is 0 Å². The second-order valence-electron chi connectivity index (χ2n) is 4.94. The van der Waals surface area contributed by atoms with E-state index in [1.54, 1.807) is 24.3 Å². The summed E-state index contributed by atoms with van der Waals surface area (Å²) in [5.41, 5.74) is 3.86. The number of hydrogen-bond donors (Lipinski definition) is 2. The third kappa shape index (κ3) is 3.40. The highest BCUT2D eigenvalue weighted by Crippen LogP contribution is 2.23. The predicted octanol–water partition coefficient (Wildman–Crippen LogP) is 4.07. The highest BCUT2D eigenvalue weighted by molar-refractivity contribution is 9.10. The number of carbonyl (C=O) groups excluding carboxylic acids is 1. The van der Waals surface area contributed by atoms with Gasteiger partial charge in [0.05, 0.1) is 10.7 Å². The predicted molar refractivity (Wildman–Crippen MR) is 94.8 cm³/mol. The first-order valence-electron chi connectivity index (χ1n) is 6.95. The molecule has 0 unspecified atom stereocenters. The Bertz CT molecular complexity index is 901. The van der Waals surface area contributed by atoms with Crippen molar-refractivity contribution in [1.82, 2.24) is 5.43 Å². The molecular weight excluding hydrogens is 356 g/mol. The highest BCUT2D eigenvalue weighted by Gasteiger charge is 2.08. The van der Waals surface area contributed by atoms with Crippen LogP contribution in [0.4, 0.5) is 0 Å². The molecule has 0 fully saturated rings. The van der Waals surface area contributed by atoms with Crippen molar-refractivity contribution in [3.8, 4) is 5.75 Å². The maximum atomic E-state index is 12.3. The largest absolute Gasteiger partial charge is 0.507 e. The first kappa shape index (κ1) is 15.2. The zero-order valence-electron chi connectivity index (χ0n) is 12.0. The number of nitrogens with one attached hydrogen (secondary N) is 1. The first-order chi connectivity index (χ1) is 11.1. The number of nitrogens with zero attached hydrogens (tertiary/aromatic N) is 1. The molecule has 3 aromatic rings. The van der Waals surface area contributed by atoms with Gasteiger partial charge in [0.25, 0.3) is 5.91 Å². The average Bonchev–Trinajstić information content (AvgIpc) is 2.57. The molecule has 3 rings (SSSR count). The first-order valence-corrected chi connectivity index (χ1v) is 7.74. The molecule has 0 aliphatic rings. The van der Waals surface area contributed by atoms with Crippen molar-refractivity contribution in [3.63, 3.8) is 0 Å². The molecule has 0 radical (unpaired) electrons. The van der Waals surface area contributed by atoms with Crippen LogP contribution < -0.4 is 5.43 Å². The zero-order valence-corrected chi connectivity index (χ0v) is 13.6. The van der Waals surface area contributed by atoms with Crippen molar-refractivity contribution < 1.29 is 9.90 Å². The summed E-state index contributed by atoms with van der Waals surface area (Å²) in [4.78, 5) is 12.3. The summed E-state index contributed by atoms with van der Waals surface area (Å²) < 4.78 is 0.571. The molecule has 0 saturated heterocycles. The molecule has 0 spiro atoms. The molecule has 0 heterocycles. The van der Waals surface area contributed by atoms with E-state index in [0.29, 0.717) is 10.0 Å². The number of amides is 1. The van der Waals surface area contributed by atoms with Gasteiger partial charge in [-0.3, -0.25) is 4.79 Å². The van der Waals surface area contributed by atoms with Crippen molar-refractivity contribution in [3.05, 3.63) is 76.3 Å². The highest BCUT2D eigenvalue weighted by atomic mass is 79.9. The summed E-state index contributed by atoms with van der Waals surface area (Å²) in [6.07, 6.45) is 1.52. The maximum Gasteiger partial charge on any atom is 0.271 e. The summed E-state index contributed by atoms with van der Waals surface area (Å²) in [5, 5.41) is 15.3. The Morgan fingerprint density at radius 3 is 2.70 bits per heavy atom. The summed E-state index contributed by atoms with van der Waals surface area (Å²) in [5.74, 6) is -0.113. The molecule has 23 heavy (non-hydrogen) atoms. The monoisotopic (exact) mass is 368 g/mol. The Balaban J connectivity index is 1.78. The summed E-state index contributed by atoms with van der Waals surface area (Å²) >= 11 is 3.23. The van der Waals surface area contributed by atoms with Crippen LogP contribution in [0.25, 0.3) is 10.8 Å². The fourth-order valence-electron chi connectivity index (χ4n) is 2.25. The summed E-state index contributed by atoms with van der Waals surface area (Å²) in [6.45, 7) is 0. The van der Waals surface area contributed by atoms with Crippen LogP contribution in [0, 0.1) is 0 Å². The van der Waals surface area contributed by atoms with Crippen LogP contribution in [0.2, 0.25) is 0 Å². The summed E-state index contributed by atoms with van der Waals surface area (Å²) in [6, 6.07) is 18.2. The van der Waals surface area contributed by atoms with Crippen LogP contribution in [-0.4, -0.2) is 17.2 Å². The zero-order chi connectivity index (χ0) is 16.2. The normalized spacial score (nSPS) is 11.0. The van der Waals surface area contributed by atoms with Gasteiger partial charge in [-0.05, 0) is 56.5 Å². The molecule has 3 aromatic carbocycles. The number of phenolic OH excluding ortho intramolecular Hbond substituents is 1. The Labute approximate surface area is 141 Å². The van der Waals surface area contributed by atoms with Gasteiger partial charge in [0.2, 0.25) is 0 Å². The lowest BCUT2D eigenvalue weighted by Gasteiger charge is -2.04. The summed E-state index contributed by atoms with van der Waals surface area (Å²) in [7, 11) is 0. The van der Waals surface area contributed by atoms with E-state index < -0.39 is 0 Å². The fraction of sp³-hybridized carbons (Fsp3) is 0. The van der Waals surface area contributed by atoms with Gasteiger partial charge in [0.15, 0.2) is 0 Å². The average molecular weight is 369 g/mol. The standard InChI is InChI=1S/C18H13BrN2O2/c19-16-10-12(8-9-17(16)22)11-20-21-18(23)15-7-3-5-13-4-1-2-6-14(13)15/h1-11,22H,(H,21,23). The Hall–Kier alpha value is -2.66. The van der Waals surface area contributed by atoms with Gasteiger partial charge in [-0.15, -0.1) is 0 Å². The van der Waals surface area contributed by atoms with Gasteiger partial charge < -0.3 is 5.11 Å². The molecule has 0 aliphatic heterocycles. The van der Waals surface area contributed by atoms with Crippen LogP contribution in [0.15, 0.2) is 70.2 Å². The molecule has 1 amide bonds. The van der Waals surface area contributed by atoms with Crippen LogP contribution in [0.3, 0.4) is 0 Å². The van der Waals surface area contributed by atoms with Crippen molar-refractivity contribution >= 4 is 38.8 Å². The Kier molecular flexibility index (Phi) is 4.39. The molecule has 0 bridgehead atoms. The van der Waals surface area contributed by atoms with E-state index >= 15 is 0 Å². The van der Waals surface area contributed by atoms with Crippen molar-refractivity contribution in [2.75, 3.05) is 0 Å². The number of fused-ring (bicyclic) bond motifs is 1. The third-order valence-corrected chi connectivity index (χ3v) is 4.02. The van der Waals surface area contributed by atoms with Crippen LogP contribution >= 0.6 is 15.9 Å². The third-order valence-electron chi connectivity index (χ3n) is 3.39. The number of carbonyl (C=O) groups is 1. The number of rotatable bonds is 3. The van der Waals surface area contributed by atoms with Crippen LogP contribution in [0.5, 0.6) is 5.75 Å². The second-order valence-corrected chi connectivity index (χ2v) is 5.79. The molecule has 0 aromatic heterocycles. The van der Waals surface area contributed by atoms with E-state index in [4.69, 9.17) is 0 Å². The van der Waals surface area contributed by atoms with Crippen molar-refractivity contribution in [1.29, 1.82) is 0 Å². The lowest BCUT2D eigenvalue weighted by Crippen LogP contribution is -2.17.